The number of aryl methyl sites for hydroxylation is 1. The van der Waals surface area contributed by atoms with Crippen molar-refractivity contribution in [1.82, 2.24) is 24.4 Å². The van der Waals surface area contributed by atoms with E-state index in [4.69, 9.17) is 4.74 Å². The summed E-state index contributed by atoms with van der Waals surface area (Å²) in [7, 11) is 1.70. The molecular weight excluding hydrogens is 406 g/mol. The minimum absolute atomic E-state index is 0.169. The lowest BCUT2D eigenvalue weighted by Crippen LogP contribution is -2.29. The fraction of sp³-hybridized carbons (Fsp3) is 0.435. The van der Waals surface area contributed by atoms with Crippen LogP contribution in [0.4, 0.5) is 17.5 Å². The first-order valence-corrected chi connectivity index (χ1v) is 11.1. The van der Waals surface area contributed by atoms with Gasteiger partial charge in [0.1, 0.15) is 5.82 Å². The fourth-order valence-corrected chi connectivity index (χ4v) is 4.39. The molecule has 1 aliphatic rings. The molecule has 0 bridgehead atoms. The van der Waals surface area contributed by atoms with Crippen LogP contribution in [-0.4, -0.2) is 55.3 Å². The molecule has 3 aromatic heterocycles. The van der Waals surface area contributed by atoms with Crippen LogP contribution in [0.3, 0.4) is 0 Å². The quantitative estimate of drug-likeness (QED) is 0.408. The van der Waals surface area contributed by atoms with Gasteiger partial charge in [0.15, 0.2) is 5.65 Å². The highest BCUT2D eigenvalue weighted by Crippen LogP contribution is 2.26. The third-order valence-corrected chi connectivity index (χ3v) is 6.11. The number of anilines is 3. The lowest BCUT2D eigenvalue weighted by molar-refractivity contribution is 0.126. The number of methoxy groups -OCH3 is 1. The number of ether oxygens (including phenoxy) is 1. The standard InChI is InChI=1S/C23H29N7O2/c1-15-19-11-8-17(14-20(19)29(27-15)12-13-32-2)25-23-26-22-5-3-4-21(30(22)28-23)24-16-6-9-18(31)10-7-16/h3-5,8,11,14,16,18,24,31H,6-7,9-10,12-13H2,1-2H3,(H,25,28). The number of rotatable bonds is 7. The van der Waals surface area contributed by atoms with Crippen molar-refractivity contribution in [2.24, 2.45) is 0 Å². The number of nitrogens with one attached hydrogen (secondary N) is 2. The van der Waals surface area contributed by atoms with Crippen LogP contribution in [0.15, 0.2) is 36.4 Å². The van der Waals surface area contributed by atoms with Crippen LogP contribution in [0.1, 0.15) is 31.4 Å². The number of hydrogen-bond acceptors (Lipinski definition) is 7. The second-order valence-corrected chi connectivity index (χ2v) is 8.42. The smallest absolute Gasteiger partial charge is 0.247 e. The summed E-state index contributed by atoms with van der Waals surface area (Å²) in [5.74, 6) is 1.45. The molecule has 1 fully saturated rings. The number of aliphatic hydroxyl groups is 1. The summed E-state index contributed by atoms with van der Waals surface area (Å²) in [4.78, 5) is 4.65. The van der Waals surface area contributed by atoms with Gasteiger partial charge in [-0.15, -0.1) is 5.10 Å². The largest absolute Gasteiger partial charge is 0.393 e. The topological polar surface area (TPSA) is 102 Å². The monoisotopic (exact) mass is 435 g/mol. The summed E-state index contributed by atoms with van der Waals surface area (Å²) in [6.07, 6.45) is 3.40. The summed E-state index contributed by atoms with van der Waals surface area (Å²) in [5, 5.41) is 27.1. The van der Waals surface area contributed by atoms with E-state index in [-0.39, 0.29) is 6.10 Å². The third kappa shape index (κ3) is 4.13. The normalized spacial score (nSPS) is 19.0. The van der Waals surface area contributed by atoms with Crippen molar-refractivity contribution in [2.75, 3.05) is 24.4 Å². The zero-order valence-corrected chi connectivity index (χ0v) is 18.5. The van der Waals surface area contributed by atoms with Crippen molar-refractivity contribution in [1.29, 1.82) is 0 Å². The van der Waals surface area contributed by atoms with Crippen LogP contribution < -0.4 is 10.6 Å². The van der Waals surface area contributed by atoms with E-state index in [0.29, 0.717) is 25.1 Å². The molecule has 5 rings (SSSR count). The van der Waals surface area contributed by atoms with E-state index in [1.54, 1.807) is 7.11 Å². The van der Waals surface area contributed by atoms with Gasteiger partial charge < -0.3 is 20.5 Å². The van der Waals surface area contributed by atoms with Crippen LogP contribution in [0.2, 0.25) is 0 Å². The van der Waals surface area contributed by atoms with E-state index in [1.807, 2.05) is 40.4 Å². The molecule has 0 atom stereocenters. The number of aromatic nitrogens is 5. The highest BCUT2D eigenvalue weighted by atomic mass is 16.5. The average molecular weight is 436 g/mol. The molecule has 3 heterocycles. The van der Waals surface area contributed by atoms with E-state index >= 15 is 0 Å². The Morgan fingerprint density at radius 1 is 1.12 bits per heavy atom. The summed E-state index contributed by atoms with van der Waals surface area (Å²) < 4.78 is 9.02. The molecule has 9 heteroatoms. The van der Waals surface area contributed by atoms with E-state index in [1.165, 1.54) is 0 Å². The van der Waals surface area contributed by atoms with Crippen molar-refractivity contribution in [2.45, 2.75) is 51.3 Å². The van der Waals surface area contributed by atoms with E-state index < -0.39 is 0 Å². The van der Waals surface area contributed by atoms with Crippen molar-refractivity contribution < 1.29 is 9.84 Å². The number of hydrogen-bond donors (Lipinski definition) is 3. The Morgan fingerprint density at radius 3 is 2.78 bits per heavy atom. The second-order valence-electron chi connectivity index (χ2n) is 8.42. The Kier molecular flexibility index (Phi) is 5.67. The Hall–Kier alpha value is -3.17. The summed E-state index contributed by atoms with van der Waals surface area (Å²) in [5.41, 5.74) is 3.73. The number of pyridine rings is 1. The average Bonchev–Trinajstić information content (AvgIpc) is 3.34. The van der Waals surface area contributed by atoms with Gasteiger partial charge in [-0.05, 0) is 62.9 Å². The highest BCUT2D eigenvalue weighted by Gasteiger charge is 2.20. The van der Waals surface area contributed by atoms with Gasteiger partial charge in [0.2, 0.25) is 5.95 Å². The van der Waals surface area contributed by atoms with E-state index in [2.05, 4.69) is 37.9 Å². The van der Waals surface area contributed by atoms with Crippen LogP contribution in [-0.2, 0) is 11.3 Å². The first-order valence-electron chi connectivity index (χ1n) is 11.1. The Balaban J connectivity index is 1.39. The maximum atomic E-state index is 9.76. The molecule has 0 unspecified atom stereocenters. The van der Waals surface area contributed by atoms with Crippen molar-refractivity contribution >= 4 is 34.0 Å². The Morgan fingerprint density at radius 2 is 1.97 bits per heavy atom. The molecule has 168 valence electrons. The molecule has 1 aliphatic carbocycles. The van der Waals surface area contributed by atoms with Gasteiger partial charge in [-0.2, -0.15) is 14.6 Å². The summed E-state index contributed by atoms with van der Waals surface area (Å²) in [6, 6.07) is 12.4. The maximum absolute atomic E-state index is 9.76. The SMILES string of the molecule is COCCn1nc(C)c2ccc(Nc3nc4cccc(NC5CCC(O)CC5)n4n3)cc21. The number of fused-ring (bicyclic) bond motifs is 2. The van der Waals surface area contributed by atoms with E-state index in [9.17, 15) is 5.11 Å². The molecule has 3 N–H and O–H groups in total. The molecule has 0 spiro atoms. The molecule has 0 radical (unpaired) electrons. The van der Waals surface area contributed by atoms with Gasteiger partial charge in [-0.25, -0.2) is 0 Å². The highest BCUT2D eigenvalue weighted by molar-refractivity contribution is 5.85. The zero-order chi connectivity index (χ0) is 22.1. The molecule has 1 aromatic carbocycles. The number of aliphatic hydroxyl groups excluding tert-OH is 1. The predicted octanol–water partition coefficient (Wildman–Crippen LogP) is 3.49. The van der Waals surface area contributed by atoms with Crippen LogP contribution in [0.5, 0.6) is 0 Å². The molecule has 0 amide bonds. The number of nitrogens with zero attached hydrogens (tertiary/aromatic N) is 5. The Bertz CT molecular complexity index is 1220. The first-order chi connectivity index (χ1) is 15.6. The molecule has 0 saturated heterocycles. The summed E-state index contributed by atoms with van der Waals surface area (Å²) in [6.45, 7) is 3.33. The third-order valence-electron chi connectivity index (χ3n) is 6.11. The second kappa shape index (κ2) is 8.76. The van der Waals surface area contributed by atoms with Crippen LogP contribution in [0, 0.1) is 6.92 Å². The van der Waals surface area contributed by atoms with Gasteiger partial charge in [0, 0.05) is 24.2 Å². The molecular formula is C23H29N7O2. The van der Waals surface area contributed by atoms with Crippen molar-refractivity contribution in [3.8, 4) is 0 Å². The number of benzene rings is 1. The molecule has 1 saturated carbocycles. The fourth-order valence-electron chi connectivity index (χ4n) is 4.39. The molecule has 9 nitrogen and oxygen atoms in total. The minimum Gasteiger partial charge on any atom is -0.393 e. The van der Waals surface area contributed by atoms with Gasteiger partial charge in [0.05, 0.1) is 30.5 Å². The lowest BCUT2D eigenvalue weighted by atomic mass is 9.93. The van der Waals surface area contributed by atoms with Gasteiger partial charge in [-0.1, -0.05) is 6.07 Å². The maximum Gasteiger partial charge on any atom is 0.247 e. The van der Waals surface area contributed by atoms with Gasteiger partial charge >= 0.3 is 0 Å². The lowest BCUT2D eigenvalue weighted by Gasteiger charge is -2.26. The van der Waals surface area contributed by atoms with Crippen molar-refractivity contribution in [3.05, 3.63) is 42.1 Å². The van der Waals surface area contributed by atoms with Crippen molar-refractivity contribution in [3.63, 3.8) is 0 Å². The minimum atomic E-state index is -0.169. The summed E-state index contributed by atoms with van der Waals surface area (Å²) >= 11 is 0. The molecule has 4 aromatic rings. The zero-order valence-electron chi connectivity index (χ0n) is 18.5. The molecule has 0 aliphatic heterocycles. The Labute approximate surface area is 186 Å². The van der Waals surface area contributed by atoms with Gasteiger partial charge in [-0.3, -0.25) is 4.68 Å². The van der Waals surface area contributed by atoms with Gasteiger partial charge in [0.25, 0.3) is 0 Å². The van der Waals surface area contributed by atoms with Crippen LogP contribution in [0.25, 0.3) is 16.6 Å². The predicted molar refractivity (Wildman–Crippen MR) is 125 cm³/mol. The molecule has 32 heavy (non-hydrogen) atoms. The van der Waals surface area contributed by atoms with Crippen LogP contribution >= 0.6 is 0 Å². The van der Waals surface area contributed by atoms with E-state index in [0.717, 1.165) is 59.4 Å². The first kappa shape index (κ1) is 20.7.